The highest BCUT2D eigenvalue weighted by atomic mass is 16.6. The number of hydrogen-bond donors (Lipinski definition) is 1. The van der Waals surface area contributed by atoms with Gasteiger partial charge in [-0.3, -0.25) is 20.5 Å². The first-order chi connectivity index (χ1) is 12.7. The molecule has 0 saturated carbocycles. The molecule has 2 heterocycles. The van der Waals surface area contributed by atoms with Crippen LogP contribution in [0.2, 0.25) is 0 Å². The van der Waals surface area contributed by atoms with Gasteiger partial charge in [0.25, 0.3) is 5.69 Å². The van der Waals surface area contributed by atoms with Crippen LogP contribution in [-0.4, -0.2) is 37.8 Å². The van der Waals surface area contributed by atoms with Crippen LogP contribution in [0.3, 0.4) is 0 Å². The second kappa shape index (κ2) is 7.05. The molecule has 134 valence electrons. The normalized spacial score (nSPS) is 17.0. The number of non-ortho nitro benzene ring substituents is 1. The molecular weight excluding hydrogens is 332 g/mol. The molecule has 0 unspecified atom stereocenters. The smallest absolute Gasteiger partial charge is 0.269 e. The minimum absolute atomic E-state index is 0.0999. The fraction of sp³-hybridized carbons (Fsp3) is 0.263. The lowest BCUT2D eigenvalue weighted by Crippen LogP contribution is -2.36. The van der Waals surface area contributed by atoms with Crippen molar-refractivity contribution in [2.45, 2.75) is 0 Å². The van der Waals surface area contributed by atoms with Crippen LogP contribution >= 0.6 is 0 Å². The van der Waals surface area contributed by atoms with Gasteiger partial charge < -0.3 is 9.64 Å². The van der Waals surface area contributed by atoms with Crippen molar-refractivity contribution in [2.75, 3.05) is 42.8 Å². The predicted molar refractivity (Wildman–Crippen MR) is 101 cm³/mol. The van der Waals surface area contributed by atoms with E-state index in [1.807, 2.05) is 0 Å². The molecule has 7 nitrogen and oxygen atoms in total. The molecule has 0 atom stereocenters. The molecule has 0 spiro atoms. The first kappa shape index (κ1) is 16.4. The molecule has 2 aliphatic heterocycles. The van der Waals surface area contributed by atoms with Gasteiger partial charge >= 0.3 is 0 Å². The van der Waals surface area contributed by atoms with Crippen LogP contribution in [0.25, 0.3) is 5.70 Å². The van der Waals surface area contributed by atoms with Crippen molar-refractivity contribution in [1.29, 1.82) is 0 Å². The topological polar surface area (TPSA) is 70.9 Å². The lowest BCUT2D eigenvalue weighted by atomic mass is 10.1. The van der Waals surface area contributed by atoms with E-state index in [-0.39, 0.29) is 10.6 Å². The Kier molecular flexibility index (Phi) is 4.45. The quantitative estimate of drug-likeness (QED) is 0.674. The van der Waals surface area contributed by atoms with E-state index in [4.69, 9.17) is 4.74 Å². The number of benzene rings is 2. The summed E-state index contributed by atoms with van der Waals surface area (Å²) in [5, 5.41) is 12.8. The van der Waals surface area contributed by atoms with Crippen molar-refractivity contribution in [3.63, 3.8) is 0 Å². The summed E-state index contributed by atoms with van der Waals surface area (Å²) in [4.78, 5) is 12.7. The molecule has 0 amide bonds. The molecule has 0 aliphatic carbocycles. The Morgan fingerprint density at radius 1 is 0.962 bits per heavy atom. The highest BCUT2D eigenvalue weighted by Crippen LogP contribution is 2.25. The van der Waals surface area contributed by atoms with E-state index in [2.05, 4.69) is 45.7 Å². The summed E-state index contributed by atoms with van der Waals surface area (Å²) >= 11 is 0. The standard InChI is InChI=1S/C19H20N4O3/c24-23(25)18-3-1-15(2-4-18)19-9-10-22(20-19)17-7-5-16(6-8-17)21-11-13-26-14-12-21/h1-9,20H,10-14H2. The molecule has 1 fully saturated rings. The third-order valence-electron chi connectivity index (χ3n) is 4.66. The van der Waals surface area contributed by atoms with Gasteiger partial charge in [-0.2, -0.15) is 0 Å². The number of ether oxygens (including phenoxy) is 1. The molecular formula is C19H20N4O3. The van der Waals surface area contributed by atoms with Crippen LogP contribution in [0.5, 0.6) is 0 Å². The maximum absolute atomic E-state index is 10.8. The Morgan fingerprint density at radius 2 is 1.62 bits per heavy atom. The van der Waals surface area contributed by atoms with E-state index in [9.17, 15) is 10.1 Å². The highest BCUT2D eigenvalue weighted by molar-refractivity contribution is 5.71. The van der Waals surface area contributed by atoms with Gasteiger partial charge in [0, 0.05) is 30.9 Å². The Bertz CT molecular complexity index is 812. The van der Waals surface area contributed by atoms with Crippen LogP contribution in [0.4, 0.5) is 17.1 Å². The number of hydrogen-bond acceptors (Lipinski definition) is 6. The summed E-state index contributed by atoms with van der Waals surface area (Å²) in [5.41, 5.74) is 7.64. The number of rotatable bonds is 4. The van der Waals surface area contributed by atoms with E-state index < -0.39 is 0 Å². The summed E-state index contributed by atoms with van der Waals surface area (Å²) in [6.07, 6.45) is 2.08. The van der Waals surface area contributed by atoms with Crippen LogP contribution in [0.1, 0.15) is 5.56 Å². The minimum atomic E-state index is -0.386. The average Bonchev–Trinajstić information content (AvgIpc) is 3.19. The van der Waals surface area contributed by atoms with Gasteiger partial charge in [-0.05, 0) is 48.0 Å². The van der Waals surface area contributed by atoms with Gasteiger partial charge in [-0.15, -0.1) is 0 Å². The van der Waals surface area contributed by atoms with Crippen LogP contribution in [0, 0.1) is 10.1 Å². The van der Waals surface area contributed by atoms with Gasteiger partial charge in [0.2, 0.25) is 0 Å². The van der Waals surface area contributed by atoms with Gasteiger partial charge in [0.15, 0.2) is 0 Å². The zero-order valence-corrected chi connectivity index (χ0v) is 14.3. The second-order valence-corrected chi connectivity index (χ2v) is 6.26. The maximum atomic E-state index is 10.8. The molecule has 2 aromatic carbocycles. The Balaban J connectivity index is 1.42. The van der Waals surface area contributed by atoms with E-state index in [1.165, 1.54) is 17.8 Å². The van der Waals surface area contributed by atoms with Crippen LogP contribution in [-0.2, 0) is 4.74 Å². The van der Waals surface area contributed by atoms with Crippen molar-refractivity contribution < 1.29 is 9.66 Å². The van der Waals surface area contributed by atoms with Crippen molar-refractivity contribution in [3.8, 4) is 0 Å². The lowest BCUT2D eigenvalue weighted by molar-refractivity contribution is -0.384. The fourth-order valence-electron chi connectivity index (χ4n) is 3.20. The van der Waals surface area contributed by atoms with Gasteiger partial charge in [-0.25, -0.2) is 0 Å². The first-order valence-electron chi connectivity index (χ1n) is 8.63. The van der Waals surface area contributed by atoms with Crippen molar-refractivity contribution >= 4 is 22.8 Å². The SMILES string of the molecule is O=[N+]([O-])c1ccc(C2=CCN(c3ccc(N4CCOCC4)cc3)N2)cc1. The Labute approximate surface area is 151 Å². The molecule has 4 rings (SSSR count). The lowest BCUT2D eigenvalue weighted by Gasteiger charge is -2.29. The Hall–Kier alpha value is -3.06. The van der Waals surface area contributed by atoms with E-state index in [0.717, 1.165) is 49.8 Å². The third kappa shape index (κ3) is 3.34. The summed E-state index contributed by atoms with van der Waals surface area (Å²) < 4.78 is 5.40. The number of anilines is 2. The van der Waals surface area contributed by atoms with Crippen molar-refractivity contribution in [2.24, 2.45) is 0 Å². The number of hydrazine groups is 1. The monoisotopic (exact) mass is 352 g/mol. The second-order valence-electron chi connectivity index (χ2n) is 6.26. The van der Waals surface area contributed by atoms with E-state index >= 15 is 0 Å². The molecule has 2 aromatic rings. The number of nitrogens with one attached hydrogen (secondary N) is 1. The van der Waals surface area contributed by atoms with Gasteiger partial charge in [-0.1, -0.05) is 0 Å². The first-order valence-corrected chi connectivity index (χ1v) is 8.63. The molecule has 0 bridgehead atoms. The van der Waals surface area contributed by atoms with Gasteiger partial charge in [0.1, 0.15) is 0 Å². The zero-order chi connectivity index (χ0) is 17.9. The fourth-order valence-corrected chi connectivity index (χ4v) is 3.20. The summed E-state index contributed by atoms with van der Waals surface area (Å²) in [5.74, 6) is 0. The van der Waals surface area contributed by atoms with Crippen LogP contribution < -0.4 is 15.3 Å². The third-order valence-corrected chi connectivity index (χ3v) is 4.66. The summed E-state index contributed by atoms with van der Waals surface area (Å²) in [6.45, 7) is 4.14. The predicted octanol–water partition coefficient (Wildman–Crippen LogP) is 2.80. The molecule has 1 saturated heterocycles. The van der Waals surface area contributed by atoms with Crippen molar-refractivity contribution in [3.05, 3.63) is 70.3 Å². The highest BCUT2D eigenvalue weighted by Gasteiger charge is 2.17. The number of morpholine rings is 1. The molecule has 1 N–H and O–H groups in total. The molecule has 7 heteroatoms. The molecule has 2 aliphatic rings. The molecule has 26 heavy (non-hydrogen) atoms. The Morgan fingerprint density at radius 3 is 2.27 bits per heavy atom. The average molecular weight is 352 g/mol. The maximum Gasteiger partial charge on any atom is 0.269 e. The summed E-state index contributed by atoms with van der Waals surface area (Å²) in [7, 11) is 0. The van der Waals surface area contributed by atoms with E-state index in [1.54, 1.807) is 12.1 Å². The largest absolute Gasteiger partial charge is 0.378 e. The minimum Gasteiger partial charge on any atom is -0.378 e. The number of nitrogens with zero attached hydrogens (tertiary/aromatic N) is 3. The number of nitro benzene ring substituents is 1. The van der Waals surface area contributed by atoms with E-state index in [0.29, 0.717) is 0 Å². The molecule has 0 aromatic heterocycles. The van der Waals surface area contributed by atoms with Crippen LogP contribution in [0.15, 0.2) is 54.6 Å². The number of nitro groups is 1. The summed E-state index contributed by atoms with van der Waals surface area (Å²) in [6, 6.07) is 15.0. The zero-order valence-electron chi connectivity index (χ0n) is 14.3. The van der Waals surface area contributed by atoms with Gasteiger partial charge in [0.05, 0.1) is 36.1 Å². The van der Waals surface area contributed by atoms with Crippen molar-refractivity contribution in [1.82, 2.24) is 5.43 Å². The molecule has 0 radical (unpaired) electrons.